The van der Waals surface area contributed by atoms with Crippen LogP contribution >= 0.6 is 0 Å². The van der Waals surface area contributed by atoms with Crippen LogP contribution in [0, 0.1) is 5.41 Å². The van der Waals surface area contributed by atoms with E-state index in [0.29, 0.717) is 19.1 Å². The number of methoxy groups -OCH3 is 2. The number of hydrogen-bond acceptors (Lipinski definition) is 6. The van der Waals surface area contributed by atoms with Gasteiger partial charge in [0, 0.05) is 31.7 Å². The lowest BCUT2D eigenvalue weighted by Crippen LogP contribution is -2.48. The lowest BCUT2D eigenvalue weighted by Gasteiger charge is -2.39. The number of likely N-dealkylation sites (N-methyl/N-ethyl adjacent to an activating group) is 1. The molecule has 1 atom stereocenters. The van der Waals surface area contributed by atoms with Gasteiger partial charge in [0.25, 0.3) is 0 Å². The average molecular weight is 418 g/mol. The molecule has 3 fully saturated rings. The van der Waals surface area contributed by atoms with Crippen molar-refractivity contribution in [1.29, 1.82) is 0 Å². The fourth-order valence-corrected chi connectivity index (χ4v) is 5.41. The molecule has 7 heteroatoms. The van der Waals surface area contributed by atoms with Gasteiger partial charge in [0.05, 0.1) is 33.5 Å². The molecule has 1 unspecified atom stereocenters. The summed E-state index contributed by atoms with van der Waals surface area (Å²) in [6.07, 6.45) is 3.25. The molecular weight excluding hydrogens is 382 g/mol. The average Bonchev–Trinajstić information content (AvgIpc) is 3.11. The van der Waals surface area contributed by atoms with E-state index in [9.17, 15) is 4.79 Å². The molecule has 3 aliphatic heterocycles. The van der Waals surface area contributed by atoms with Crippen LogP contribution in [0.2, 0.25) is 0 Å². The summed E-state index contributed by atoms with van der Waals surface area (Å²) in [6.45, 7) is 6.76. The predicted molar refractivity (Wildman–Crippen MR) is 115 cm³/mol. The number of rotatable bonds is 5. The molecule has 3 saturated heterocycles. The number of hydrogen-bond donors (Lipinski definition) is 0. The monoisotopic (exact) mass is 417 g/mol. The zero-order valence-corrected chi connectivity index (χ0v) is 18.6. The van der Waals surface area contributed by atoms with Gasteiger partial charge in [-0.2, -0.15) is 0 Å². The zero-order valence-electron chi connectivity index (χ0n) is 18.6. The number of para-hydroxylation sites is 1. The molecule has 7 nitrogen and oxygen atoms in total. The Bertz CT molecular complexity index is 742. The molecule has 166 valence electrons. The first-order valence-electron chi connectivity index (χ1n) is 11.0. The molecule has 1 spiro atoms. The molecule has 1 aromatic carbocycles. The van der Waals surface area contributed by atoms with Crippen LogP contribution in [0.15, 0.2) is 18.2 Å². The topological polar surface area (TPSA) is 54.5 Å². The Labute approximate surface area is 179 Å². The Morgan fingerprint density at radius 1 is 1.13 bits per heavy atom. The smallest absolute Gasteiger partial charge is 0.240 e. The number of amides is 1. The van der Waals surface area contributed by atoms with Gasteiger partial charge in [-0.1, -0.05) is 12.1 Å². The van der Waals surface area contributed by atoms with E-state index in [2.05, 4.69) is 22.9 Å². The molecular formula is C23H35N3O4. The molecule has 1 aromatic rings. The van der Waals surface area contributed by atoms with Crippen molar-refractivity contribution in [1.82, 2.24) is 14.7 Å². The van der Waals surface area contributed by atoms with Gasteiger partial charge in [-0.05, 0) is 50.9 Å². The minimum atomic E-state index is 0.0214. The minimum absolute atomic E-state index is 0.0214. The lowest BCUT2D eigenvalue weighted by atomic mass is 9.76. The number of ether oxygens (including phenoxy) is 3. The Morgan fingerprint density at radius 2 is 1.87 bits per heavy atom. The van der Waals surface area contributed by atoms with Crippen molar-refractivity contribution < 1.29 is 19.0 Å². The van der Waals surface area contributed by atoms with Gasteiger partial charge in [0.1, 0.15) is 0 Å². The molecule has 0 aromatic heterocycles. The fourth-order valence-electron chi connectivity index (χ4n) is 5.41. The molecule has 3 heterocycles. The van der Waals surface area contributed by atoms with Gasteiger partial charge < -0.3 is 19.1 Å². The van der Waals surface area contributed by atoms with E-state index in [1.54, 1.807) is 14.2 Å². The highest BCUT2D eigenvalue weighted by Gasteiger charge is 2.47. The van der Waals surface area contributed by atoms with Crippen LogP contribution in [-0.2, 0) is 16.1 Å². The first-order chi connectivity index (χ1) is 14.5. The van der Waals surface area contributed by atoms with E-state index in [0.717, 1.165) is 75.6 Å². The van der Waals surface area contributed by atoms with Crippen molar-refractivity contribution in [2.45, 2.75) is 31.8 Å². The second-order valence-electron chi connectivity index (χ2n) is 9.00. The largest absolute Gasteiger partial charge is 0.493 e. The van der Waals surface area contributed by atoms with Gasteiger partial charge in [-0.15, -0.1) is 0 Å². The van der Waals surface area contributed by atoms with Crippen molar-refractivity contribution in [2.24, 2.45) is 5.41 Å². The standard InChI is InChI=1S/C23H35N3O4/c1-24-17-23(15-19(24)22(27)26-11-13-30-14-12-26)7-9-25(10-8-23)16-18-5-4-6-20(28-2)21(18)29-3/h4-6,19H,7-17H2,1-3H3. The normalized spacial score (nSPS) is 24.9. The third-order valence-corrected chi connectivity index (χ3v) is 7.15. The van der Waals surface area contributed by atoms with Gasteiger partial charge in [0.2, 0.25) is 5.91 Å². The van der Waals surface area contributed by atoms with Crippen molar-refractivity contribution >= 4 is 5.91 Å². The van der Waals surface area contributed by atoms with Crippen LogP contribution in [-0.4, -0.2) is 93.9 Å². The van der Waals surface area contributed by atoms with Gasteiger partial charge in [-0.25, -0.2) is 0 Å². The van der Waals surface area contributed by atoms with Crippen molar-refractivity contribution in [3.8, 4) is 11.5 Å². The minimum Gasteiger partial charge on any atom is -0.493 e. The van der Waals surface area contributed by atoms with Crippen LogP contribution in [0.3, 0.4) is 0 Å². The van der Waals surface area contributed by atoms with Gasteiger partial charge in [-0.3, -0.25) is 14.6 Å². The maximum Gasteiger partial charge on any atom is 0.240 e. The number of morpholine rings is 1. The summed E-state index contributed by atoms with van der Waals surface area (Å²) in [5.41, 5.74) is 1.42. The Hall–Kier alpha value is -1.83. The van der Waals surface area contributed by atoms with Crippen molar-refractivity contribution in [2.75, 3.05) is 67.2 Å². The summed E-state index contributed by atoms with van der Waals surface area (Å²) in [5, 5.41) is 0. The molecule has 0 aliphatic carbocycles. The molecule has 1 amide bonds. The third kappa shape index (κ3) is 4.29. The third-order valence-electron chi connectivity index (χ3n) is 7.15. The van der Waals surface area contributed by atoms with Crippen molar-refractivity contribution in [3.05, 3.63) is 23.8 Å². The fraction of sp³-hybridized carbons (Fsp3) is 0.696. The van der Waals surface area contributed by atoms with Crippen LogP contribution < -0.4 is 9.47 Å². The first kappa shape index (κ1) is 21.4. The number of benzene rings is 1. The van der Waals surface area contributed by atoms with E-state index in [-0.39, 0.29) is 11.5 Å². The highest BCUT2D eigenvalue weighted by atomic mass is 16.5. The summed E-state index contributed by atoms with van der Waals surface area (Å²) in [7, 11) is 5.50. The van der Waals surface area contributed by atoms with Gasteiger partial charge in [0.15, 0.2) is 11.5 Å². The SMILES string of the molecule is COc1cccc(CN2CCC3(CC2)CC(C(=O)N2CCOCC2)N(C)C3)c1OC. The maximum absolute atomic E-state index is 13.1. The van der Waals surface area contributed by atoms with Crippen molar-refractivity contribution in [3.63, 3.8) is 0 Å². The Morgan fingerprint density at radius 3 is 2.53 bits per heavy atom. The number of piperidine rings is 1. The number of carbonyl (C=O) groups excluding carboxylic acids is 1. The van der Waals surface area contributed by atoms with Gasteiger partial charge >= 0.3 is 0 Å². The van der Waals surface area contributed by atoms with Crippen LogP contribution in [0.25, 0.3) is 0 Å². The molecule has 0 bridgehead atoms. The molecule has 3 aliphatic rings. The van der Waals surface area contributed by atoms with E-state index >= 15 is 0 Å². The van der Waals surface area contributed by atoms with Crippen LogP contribution in [0.1, 0.15) is 24.8 Å². The molecule has 0 radical (unpaired) electrons. The summed E-state index contributed by atoms with van der Waals surface area (Å²) >= 11 is 0. The summed E-state index contributed by atoms with van der Waals surface area (Å²) in [6, 6.07) is 6.10. The highest BCUT2D eigenvalue weighted by Crippen LogP contribution is 2.44. The quantitative estimate of drug-likeness (QED) is 0.729. The summed E-state index contributed by atoms with van der Waals surface area (Å²) in [5.74, 6) is 1.91. The number of likely N-dealkylation sites (tertiary alicyclic amines) is 2. The molecule has 4 rings (SSSR count). The molecule has 0 saturated carbocycles. The second kappa shape index (κ2) is 9.12. The summed E-state index contributed by atoms with van der Waals surface area (Å²) < 4.78 is 16.5. The first-order valence-corrected chi connectivity index (χ1v) is 11.0. The van der Waals surface area contributed by atoms with E-state index in [1.165, 1.54) is 0 Å². The maximum atomic E-state index is 13.1. The second-order valence-corrected chi connectivity index (χ2v) is 9.00. The highest BCUT2D eigenvalue weighted by molar-refractivity contribution is 5.82. The van der Waals surface area contributed by atoms with E-state index < -0.39 is 0 Å². The van der Waals surface area contributed by atoms with E-state index in [4.69, 9.17) is 14.2 Å². The van der Waals surface area contributed by atoms with Crippen LogP contribution in [0.4, 0.5) is 0 Å². The number of carbonyl (C=O) groups is 1. The Balaban J connectivity index is 1.36. The van der Waals surface area contributed by atoms with E-state index in [1.807, 2.05) is 17.0 Å². The number of nitrogens with zero attached hydrogens (tertiary/aromatic N) is 3. The molecule has 0 N–H and O–H groups in total. The van der Waals surface area contributed by atoms with Crippen LogP contribution in [0.5, 0.6) is 11.5 Å². The summed E-state index contributed by atoms with van der Waals surface area (Å²) in [4.78, 5) is 19.8. The Kier molecular flexibility index (Phi) is 6.51. The zero-order chi connectivity index (χ0) is 21.1. The lowest BCUT2D eigenvalue weighted by molar-refractivity contribution is -0.139. The molecule has 30 heavy (non-hydrogen) atoms. The predicted octanol–water partition coefficient (Wildman–Crippen LogP) is 1.85.